The van der Waals surface area contributed by atoms with E-state index in [9.17, 15) is 14.7 Å². The molecular weight excluding hydrogens is 390 g/mol. The van der Waals surface area contributed by atoms with Crippen LogP contribution >= 0.6 is 0 Å². The van der Waals surface area contributed by atoms with Crippen LogP contribution in [0.2, 0.25) is 0 Å². The zero-order chi connectivity index (χ0) is 21.7. The first-order valence-corrected chi connectivity index (χ1v) is 10.4. The number of aliphatic hydroxyl groups excluding tert-OH is 1. The van der Waals surface area contributed by atoms with Crippen LogP contribution in [0.4, 0.5) is 11.4 Å². The van der Waals surface area contributed by atoms with Gasteiger partial charge in [0.05, 0.1) is 22.9 Å². The lowest BCUT2D eigenvalue weighted by Crippen LogP contribution is -2.29. The Hall–Kier alpha value is -3.64. The predicted octanol–water partition coefficient (Wildman–Crippen LogP) is 3.29. The first-order valence-electron chi connectivity index (χ1n) is 10.4. The number of aliphatic hydroxyl groups is 1. The van der Waals surface area contributed by atoms with E-state index in [1.807, 2.05) is 24.3 Å². The highest BCUT2D eigenvalue weighted by Crippen LogP contribution is 2.40. The minimum absolute atomic E-state index is 0.291. The summed E-state index contributed by atoms with van der Waals surface area (Å²) in [5.74, 6) is -0.582. The summed E-state index contributed by atoms with van der Waals surface area (Å²) in [5.41, 5.74) is 12.1. The molecule has 1 unspecified atom stereocenters. The quantitative estimate of drug-likeness (QED) is 0.593. The zero-order valence-electron chi connectivity index (χ0n) is 17.0. The van der Waals surface area contributed by atoms with Crippen molar-refractivity contribution in [2.45, 2.75) is 25.4 Å². The fourth-order valence-corrected chi connectivity index (χ4v) is 4.72. The monoisotopic (exact) mass is 413 g/mol. The Labute approximate surface area is 180 Å². The Kier molecular flexibility index (Phi) is 4.52. The van der Waals surface area contributed by atoms with Crippen molar-refractivity contribution in [2.24, 2.45) is 5.73 Å². The lowest BCUT2D eigenvalue weighted by atomic mass is 10.1. The van der Waals surface area contributed by atoms with E-state index in [-0.39, 0.29) is 11.8 Å². The minimum Gasteiger partial charge on any atom is -0.400 e. The number of imide groups is 1. The molecule has 2 heterocycles. The van der Waals surface area contributed by atoms with Crippen molar-refractivity contribution in [1.29, 1.82) is 0 Å². The Morgan fingerprint density at radius 2 is 1.81 bits per heavy atom. The van der Waals surface area contributed by atoms with Crippen molar-refractivity contribution >= 4 is 23.2 Å². The summed E-state index contributed by atoms with van der Waals surface area (Å²) in [4.78, 5) is 29.1. The first-order chi connectivity index (χ1) is 15.0. The molecule has 1 aliphatic carbocycles. The number of hydrogen-bond acceptors (Lipinski definition) is 5. The van der Waals surface area contributed by atoms with Crippen LogP contribution in [-0.4, -0.2) is 29.6 Å². The normalized spacial score (nSPS) is 20.5. The van der Waals surface area contributed by atoms with Gasteiger partial charge in [0.25, 0.3) is 11.8 Å². The highest BCUT2D eigenvalue weighted by molar-refractivity contribution is 6.34. The van der Waals surface area contributed by atoms with Gasteiger partial charge in [0.15, 0.2) is 0 Å². The third kappa shape index (κ3) is 2.91. The Morgan fingerprint density at radius 3 is 2.42 bits per heavy atom. The maximum absolute atomic E-state index is 12.8. The fraction of sp³-hybridized carbons (Fsp3) is 0.200. The number of fused-ring (bicyclic) bond motifs is 2. The van der Waals surface area contributed by atoms with Gasteiger partial charge in [-0.2, -0.15) is 0 Å². The standard InChI is InChI=1S/C25H23N3O3/c1-2-5-21(19-9-11-22(29)23(19)26)27-13-12-15-14-16(8-10-20(15)27)28-24(30)17-6-3-4-7-18(17)25(28)31/h2-8,10,14,22,29H,1,9,11-13,26H2/b21-5+. The molecule has 2 amide bonds. The number of carbonyl (C=O) groups excluding carboxylic acids is 2. The number of nitrogens with zero attached hydrogens (tertiary/aromatic N) is 2. The minimum atomic E-state index is -0.610. The van der Waals surface area contributed by atoms with Crippen LogP contribution in [0, 0.1) is 0 Å². The molecule has 1 atom stereocenters. The van der Waals surface area contributed by atoms with Crippen molar-refractivity contribution in [2.75, 3.05) is 16.3 Å². The van der Waals surface area contributed by atoms with Crippen LogP contribution in [0.25, 0.3) is 0 Å². The lowest BCUT2D eigenvalue weighted by molar-refractivity contribution is 0.0926. The van der Waals surface area contributed by atoms with Crippen LogP contribution in [0.1, 0.15) is 39.1 Å². The van der Waals surface area contributed by atoms with Gasteiger partial charge in [-0.1, -0.05) is 24.8 Å². The number of benzene rings is 2. The number of allylic oxidation sites excluding steroid dienone is 3. The molecule has 0 saturated carbocycles. The SMILES string of the molecule is C=C/C=C(\C1=C(N)C(O)CC1)N1CCc2cc(N3C(=O)c4ccccc4C3=O)ccc21. The van der Waals surface area contributed by atoms with Crippen molar-refractivity contribution < 1.29 is 14.7 Å². The lowest BCUT2D eigenvalue weighted by Gasteiger charge is -2.25. The van der Waals surface area contributed by atoms with Gasteiger partial charge >= 0.3 is 0 Å². The van der Waals surface area contributed by atoms with E-state index in [1.165, 1.54) is 4.90 Å². The van der Waals surface area contributed by atoms with E-state index >= 15 is 0 Å². The topological polar surface area (TPSA) is 86.9 Å². The summed E-state index contributed by atoms with van der Waals surface area (Å²) in [6.45, 7) is 4.58. The number of anilines is 2. The molecule has 0 saturated heterocycles. The highest BCUT2D eigenvalue weighted by Gasteiger charge is 2.37. The highest BCUT2D eigenvalue weighted by atomic mass is 16.3. The van der Waals surface area contributed by atoms with Crippen molar-refractivity contribution in [3.05, 3.63) is 94.9 Å². The second kappa shape index (κ2) is 7.25. The first kappa shape index (κ1) is 19.3. The van der Waals surface area contributed by atoms with Crippen LogP contribution in [0.3, 0.4) is 0 Å². The van der Waals surface area contributed by atoms with Gasteiger partial charge < -0.3 is 15.7 Å². The molecule has 0 spiro atoms. The Balaban J connectivity index is 1.50. The number of hydrogen-bond donors (Lipinski definition) is 2. The maximum atomic E-state index is 12.8. The zero-order valence-corrected chi connectivity index (χ0v) is 17.0. The largest absolute Gasteiger partial charge is 0.400 e. The molecule has 0 aromatic heterocycles. The third-order valence-electron chi connectivity index (χ3n) is 6.26. The smallest absolute Gasteiger partial charge is 0.266 e. The van der Waals surface area contributed by atoms with Crippen LogP contribution in [0.5, 0.6) is 0 Å². The molecule has 0 bridgehead atoms. The maximum Gasteiger partial charge on any atom is 0.266 e. The summed E-state index contributed by atoms with van der Waals surface area (Å²) in [5, 5.41) is 10.1. The summed E-state index contributed by atoms with van der Waals surface area (Å²) >= 11 is 0. The average molecular weight is 413 g/mol. The van der Waals surface area contributed by atoms with Crippen LogP contribution in [0.15, 0.2) is 78.2 Å². The molecule has 0 fully saturated rings. The van der Waals surface area contributed by atoms with E-state index < -0.39 is 6.10 Å². The molecule has 0 radical (unpaired) electrons. The van der Waals surface area contributed by atoms with Gasteiger partial charge in [-0.05, 0) is 66.8 Å². The number of amides is 2. The van der Waals surface area contributed by atoms with Crippen LogP contribution < -0.4 is 15.5 Å². The molecular formula is C25H23N3O3. The fourth-order valence-electron chi connectivity index (χ4n) is 4.72. The molecule has 2 aliphatic heterocycles. The van der Waals surface area contributed by atoms with E-state index in [1.54, 1.807) is 30.3 Å². The average Bonchev–Trinajstić information content (AvgIpc) is 3.42. The molecule has 2 aromatic rings. The molecule has 156 valence electrons. The second-order valence-corrected chi connectivity index (χ2v) is 7.98. The molecule has 3 N–H and O–H groups in total. The van der Waals surface area contributed by atoms with Crippen LogP contribution in [-0.2, 0) is 6.42 Å². The van der Waals surface area contributed by atoms with Gasteiger partial charge in [-0.15, -0.1) is 0 Å². The summed E-state index contributed by atoms with van der Waals surface area (Å²) in [6, 6.07) is 12.6. The van der Waals surface area contributed by atoms with Crippen molar-refractivity contribution in [3.8, 4) is 0 Å². The number of carbonyl (C=O) groups is 2. The van der Waals surface area contributed by atoms with Gasteiger partial charge in [0, 0.05) is 23.6 Å². The van der Waals surface area contributed by atoms with E-state index in [0.29, 0.717) is 35.4 Å². The predicted molar refractivity (Wildman–Crippen MR) is 120 cm³/mol. The summed E-state index contributed by atoms with van der Waals surface area (Å²) < 4.78 is 0. The molecule has 31 heavy (non-hydrogen) atoms. The second-order valence-electron chi connectivity index (χ2n) is 7.98. The third-order valence-corrected chi connectivity index (χ3v) is 6.26. The molecule has 6 heteroatoms. The Morgan fingerprint density at radius 1 is 1.10 bits per heavy atom. The molecule has 2 aromatic carbocycles. The number of rotatable bonds is 4. The molecule has 3 aliphatic rings. The van der Waals surface area contributed by atoms with E-state index in [0.717, 1.165) is 35.5 Å². The molecule has 6 nitrogen and oxygen atoms in total. The van der Waals surface area contributed by atoms with Gasteiger partial charge in [0.1, 0.15) is 0 Å². The Bertz CT molecular complexity index is 1160. The molecule has 5 rings (SSSR count). The van der Waals surface area contributed by atoms with Gasteiger partial charge in [0.2, 0.25) is 0 Å². The van der Waals surface area contributed by atoms with Gasteiger partial charge in [-0.3, -0.25) is 9.59 Å². The van der Waals surface area contributed by atoms with E-state index in [4.69, 9.17) is 5.73 Å². The summed E-state index contributed by atoms with van der Waals surface area (Å²) in [7, 11) is 0. The van der Waals surface area contributed by atoms with Gasteiger partial charge in [-0.25, -0.2) is 4.90 Å². The number of nitrogens with two attached hydrogens (primary N) is 1. The summed E-state index contributed by atoms with van der Waals surface area (Å²) in [6.07, 6.45) is 5.15. The van der Waals surface area contributed by atoms with Crippen molar-refractivity contribution in [1.82, 2.24) is 0 Å². The van der Waals surface area contributed by atoms with E-state index in [2.05, 4.69) is 11.5 Å². The van der Waals surface area contributed by atoms with Crippen molar-refractivity contribution in [3.63, 3.8) is 0 Å².